The molecule has 0 aromatic heterocycles. The summed E-state index contributed by atoms with van der Waals surface area (Å²) in [4.78, 5) is 66.2. The van der Waals surface area contributed by atoms with Crippen LogP contribution in [0.25, 0.3) is 0 Å². The molecule has 13 nitrogen and oxygen atoms in total. The molecule has 0 spiro atoms. The van der Waals surface area contributed by atoms with Gasteiger partial charge in [-0.05, 0) is 37.1 Å². The van der Waals surface area contributed by atoms with Gasteiger partial charge in [0.25, 0.3) is 0 Å². The third-order valence-electron chi connectivity index (χ3n) is 7.10. The Kier molecular flexibility index (Phi) is 9.21. The molecule has 0 saturated carbocycles. The second-order valence-electron chi connectivity index (χ2n) is 10.3. The van der Waals surface area contributed by atoms with E-state index in [0.29, 0.717) is 0 Å². The van der Waals surface area contributed by atoms with Crippen LogP contribution in [-0.4, -0.2) is 91.3 Å². The van der Waals surface area contributed by atoms with Crippen LogP contribution >= 0.6 is 11.8 Å². The number of thioether (sulfide) groups is 1. The van der Waals surface area contributed by atoms with E-state index < -0.39 is 58.1 Å². The summed E-state index contributed by atoms with van der Waals surface area (Å²) in [6.07, 6.45) is 1.50. The van der Waals surface area contributed by atoms with E-state index in [1.165, 1.54) is 47.1 Å². The molecule has 3 N–H and O–H groups in total. The second-order valence-corrected chi connectivity index (χ2v) is 12.0. The molecule has 3 heterocycles. The number of hydrogen-bond donors (Lipinski definition) is 3. The van der Waals surface area contributed by atoms with Gasteiger partial charge in [0.05, 0.1) is 31.3 Å². The molecule has 2 unspecified atom stereocenters. The second kappa shape index (κ2) is 12.3. The molecule has 3 aliphatic rings. The zero-order valence-electron chi connectivity index (χ0n) is 23.1. The fourth-order valence-corrected chi connectivity index (χ4v) is 6.65. The molecular formula is C27H27N6NaO7S. The number of carboxylic acids is 1. The number of benzene rings is 2. The van der Waals surface area contributed by atoms with E-state index in [1.54, 1.807) is 13.8 Å². The van der Waals surface area contributed by atoms with Crippen molar-refractivity contribution in [3.63, 3.8) is 0 Å². The molecular weight excluding hydrogens is 575 g/mol. The zero-order chi connectivity index (χ0) is 29.5. The predicted molar refractivity (Wildman–Crippen MR) is 145 cm³/mol. The summed E-state index contributed by atoms with van der Waals surface area (Å²) in [6.45, 7) is 3.53. The first-order valence-corrected chi connectivity index (χ1v) is 13.6. The van der Waals surface area contributed by atoms with Crippen LogP contribution in [0.4, 0.5) is 9.59 Å². The number of hydrogen-bond acceptors (Lipinski definition) is 9. The number of aromatic hydroxyl groups is 1. The van der Waals surface area contributed by atoms with Crippen molar-refractivity contribution < 1.29 is 63.7 Å². The molecule has 2 aromatic rings. The Morgan fingerprint density at radius 2 is 1.76 bits per heavy atom. The molecule has 0 aliphatic carbocycles. The first kappa shape index (κ1) is 31.3. The summed E-state index contributed by atoms with van der Waals surface area (Å²) in [5.74, 6) is -2.77. The number of β-lactam (4-membered cyclic amide) rings is 1. The summed E-state index contributed by atoms with van der Waals surface area (Å²) in [5.41, 5.74) is 1.06. The summed E-state index contributed by atoms with van der Waals surface area (Å²) < 4.78 is -0.839. The van der Waals surface area contributed by atoms with Gasteiger partial charge in [0.15, 0.2) is 0 Å². The number of hydrazone groups is 1. The Morgan fingerprint density at radius 1 is 1.10 bits per heavy atom. The minimum Gasteiger partial charge on any atom is -0.548 e. The average molecular weight is 603 g/mol. The first-order chi connectivity index (χ1) is 19.5. The Morgan fingerprint density at radius 3 is 2.40 bits per heavy atom. The van der Waals surface area contributed by atoms with Crippen LogP contribution in [0, 0.1) is 0 Å². The van der Waals surface area contributed by atoms with E-state index >= 15 is 0 Å². The van der Waals surface area contributed by atoms with Crippen molar-refractivity contribution in [3.05, 3.63) is 65.7 Å². The van der Waals surface area contributed by atoms with Crippen molar-refractivity contribution in [1.82, 2.24) is 25.4 Å². The standard InChI is InChI=1S/C27H28N6O7S.Na/c1-27(2)20(24(37)38)33-22(36)19(23(33)41-27)29-21(35)18(16-8-10-17(34)11-9-16)30-25(39)31-12-13-32(26(31)40)28-14-15-6-4-3-5-7-15;/h3-11,14,18-20,23,34H,12-13H2,1-2H3,(H,29,35)(H,30,39)(H,37,38);/q;+1/p-1/b28-14+;/t18?,19?,20-,23+;/m0./s1. The Balaban J connectivity index is 0.00000405. The molecule has 3 saturated heterocycles. The van der Waals surface area contributed by atoms with Gasteiger partial charge in [0.2, 0.25) is 11.8 Å². The van der Waals surface area contributed by atoms with Crippen molar-refractivity contribution >= 4 is 47.8 Å². The molecule has 2 aromatic carbocycles. The topological polar surface area (TPSA) is 175 Å². The number of carbonyl (C=O) groups is 5. The van der Waals surface area contributed by atoms with Crippen LogP contribution in [0.5, 0.6) is 5.75 Å². The molecule has 5 rings (SSSR count). The fraction of sp³-hybridized carbons (Fsp3) is 0.333. The number of urea groups is 2. The molecule has 214 valence electrons. The van der Waals surface area contributed by atoms with Crippen molar-refractivity contribution in [2.75, 3.05) is 13.1 Å². The third-order valence-corrected chi connectivity index (χ3v) is 8.67. The van der Waals surface area contributed by atoms with Gasteiger partial charge in [0, 0.05) is 4.75 Å². The number of fused-ring (bicyclic) bond motifs is 1. The number of carboxylic acid groups (broad SMARTS) is 1. The number of nitrogens with one attached hydrogen (secondary N) is 2. The average Bonchev–Trinajstić information content (AvgIpc) is 3.44. The molecule has 15 heteroatoms. The largest absolute Gasteiger partial charge is 1.00 e. The van der Waals surface area contributed by atoms with Crippen molar-refractivity contribution in [3.8, 4) is 5.75 Å². The van der Waals surface area contributed by atoms with Crippen molar-refractivity contribution in [2.45, 2.75) is 42.1 Å². The maximum absolute atomic E-state index is 13.5. The Labute approximate surface area is 267 Å². The van der Waals surface area contributed by atoms with Gasteiger partial charge >= 0.3 is 41.6 Å². The van der Waals surface area contributed by atoms with Gasteiger partial charge in [-0.1, -0.05) is 42.5 Å². The van der Waals surface area contributed by atoms with Crippen LogP contribution in [0.2, 0.25) is 0 Å². The van der Waals surface area contributed by atoms with Crippen LogP contribution in [0.3, 0.4) is 0 Å². The molecule has 3 aliphatic heterocycles. The maximum Gasteiger partial charge on any atom is 1.00 e. The summed E-state index contributed by atoms with van der Waals surface area (Å²) >= 11 is 1.23. The van der Waals surface area contributed by atoms with Gasteiger partial charge in [-0.15, -0.1) is 11.8 Å². The zero-order valence-corrected chi connectivity index (χ0v) is 25.9. The van der Waals surface area contributed by atoms with Gasteiger partial charge in [-0.3, -0.25) is 9.59 Å². The van der Waals surface area contributed by atoms with Crippen LogP contribution < -0.4 is 45.3 Å². The molecule has 0 radical (unpaired) electrons. The van der Waals surface area contributed by atoms with E-state index in [9.17, 15) is 34.2 Å². The Bertz CT molecular complexity index is 1420. The molecule has 4 atom stereocenters. The number of phenolic OH excluding ortho intramolecular Hbond substituents is 1. The maximum atomic E-state index is 13.5. The minimum absolute atomic E-state index is 0. The predicted octanol–water partition coefficient (Wildman–Crippen LogP) is -2.78. The van der Waals surface area contributed by atoms with Crippen molar-refractivity contribution in [2.24, 2.45) is 5.10 Å². The van der Waals surface area contributed by atoms with E-state index in [0.717, 1.165) is 15.5 Å². The number of amides is 6. The van der Waals surface area contributed by atoms with Gasteiger partial charge in [0.1, 0.15) is 23.2 Å². The minimum atomic E-state index is -1.38. The van der Waals surface area contributed by atoms with Crippen molar-refractivity contribution in [1.29, 1.82) is 0 Å². The van der Waals surface area contributed by atoms with E-state index in [4.69, 9.17) is 0 Å². The van der Waals surface area contributed by atoms with Gasteiger partial charge in [-0.2, -0.15) is 5.10 Å². The number of nitrogens with zero attached hydrogens (tertiary/aromatic N) is 4. The third kappa shape index (κ3) is 5.98. The number of rotatable bonds is 7. The molecule has 42 heavy (non-hydrogen) atoms. The smallest absolute Gasteiger partial charge is 0.548 e. The van der Waals surface area contributed by atoms with E-state index in [-0.39, 0.29) is 54.0 Å². The van der Waals surface area contributed by atoms with E-state index in [2.05, 4.69) is 15.7 Å². The van der Waals surface area contributed by atoms with Gasteiger partial charge in [-0.25, -0.2) is 19.5 Å². The van der Waals surface area contributed by atoms with Gasteiger partial charge < -0.3 is 30.5 Å². The summed E-state index contributed by atoms with van der Waals surface area (Å²) in [6, 6.07) is 9.59. The molecule has 6 amide bonds. The summed E-state index contributed by atoms with van der Waals surface area (Å²) in [7, 11) is 0. The van der Waals surface area contributed by atoms with Crippen LogP contribution in [0.15, 0.2) is 59.7 Å². The SMILES string of the molecule is CC1(C)S[C@@H]2C(NC(=O)C(NC(=O)N3CCN(/N=C/c4ccccc4)C3=O)c3ccc(O)cc3)C(=O)N2[C@H]1C(=O)[O-].[Na+]. The quantitative estimate of drug-likeness (QED) is 0.173. The van der Waals surface area contributed by atoms with E-state index in [1.807, 2.05) is 30.3 Å². The molecule has 3 fully saturated rings. The first-order valence-electron chi connectivity index (χ1n) is 12.8. The summed E-state index contributed by atoms with van der Waals surface area (Å²) in [5, 5.41) is 31.2. The number of phenols is 1. The Hall–Kier alpha value is -3.59. The van der Waals surface area contributed by atoms with Crippen LogP contribution in [-0.2, 0) is 14.4 Å². The number of aliphatic carboxylic acids is 1. The number of carbonyl (C=O) groups excluding carboxylic acids is 5. The number of imide groups is 1. The van der Waals surface area contributed by atoms with Crippen LogP contribution in [0.1, 0.15) is 31.0 Å². The monoisotopic (exact) mass is 602 g/mol. The normalized spacial score (nSPS) is 23.2. The molecule has 0 bridgehead atoms. The fourth-order valence-electron chi connectivity index (χ4n) is 5.03.